The van der Waals surface area contributed by atoms with Crippen LogP contribution in [0.25, 0.3) is 0 Å². The van der Waals surface area contributed by atoms with Crippen LogP contribution in [0.3, 0.4) is 0 Å². The second-order valence-electron chi connectivity index (χ2n) is 4.96. The van der Waals surface area contributed by atoms with Gasteiger partial charge in [-0.25, -0.2) is 0 Å². The molecule has 1 heterocycles. The fraction of sp³-hybridized carbons (Fsp3) is 0.385. The normalized spacial score (nSPS) is 20.9. The average Bonchev–Trinajstić information content (AvgIpc) is 2.52. The molecule has 0 radical (unpaired) electrons. The summed E-state index contributed by atoms with van der Waals surface area (Å²) in [7, 11) is 0. The predicted octanol–water partition coefficient (Wildman–Crippen LogP) is 1.96. The maximum absolute atomic E-state index is 12.2. The molecule has 0 atom stereocenters. The highest BCUT2D eigenvalue weighted by molar-refractivity contribution is 9.10. The Morgan fingerprint density at radius 1 is 1.22 bits per heavy atom. The SMILES string of the molecule is O=C1c2ccc(Br)cc2C(=O)N1CC1(O)CCC1. The Hall–Kier alpha value is -1.20. The van der Waals surface area contributed by atoms with Crippen molar-refractivity contribution in [1.82, 2.24) is 4.90 Å². The van der Waals surface area contributed by atoms with Crippen LogP contribution in [0.5, 0.6) is 0 Å². The number of amides is 2. The zero-order valence-electron chi connectivity index (χ0n) is 9.65. The van der Waals surface area contributed by atoms with Crippen LogP contribution in [-0.4, -0.2) is 34.0 Å². The van der Waals surface area contributed by atoms with E-state index in [0.29, 0.717) is 24.0 Å². The van der Waals surface area contributed by atoms with Gasteiger partial charge in [-0.1, -0.05) is 15.9 Å². The van der Waals surface area contributed by atoms with Crippen molar-refractivity contribution in [2.45, 2.75) is 24.9 Å². The molecule has 0 bridgehead atoms. The first kappa shape index (κ1) is 11.9. The zero-order chi connectivity index (χ0) is 12.9. The van der Waals surface area contributed by atoms with Gasteiger partial charge in [-0.15, -0.1) is 0 Å². The number of halogens is 1. The topological polar surface area (TPSA) is 57.6 Å². The molecule has 18 heavy (non-hydrogen) atoms. The Morgan fingerprint density at radius 2 is 1.89 bits per heavy atom. The molecule has 1 aromatic carbocycles. The van der Waals surface area contributed by atoms with Crippen molar-refractivity contribution >= 4 is 27.7 Å². The number of hydrogen-bond acceptors (Lipinski definition) is 3. The van der Waals surface area contributed by atoms with Gasteiger partial charge in [0.25, 0.3) is 11.8 Å². The van der Waals surface area contributed by atoms with Crippen LogP contribution in [0.15, 0.2) is 22.7 Å². The highest BCUT2D eigenvalue weighted by Gasteiger charge is 2.43. The monoisotopic (exact) mass is 309 g/mol. The summed E-state index contributed by atoms with van der Waals surface area (Å²) >= 11 is 3.29. The molecule has 1 N–H and O–H groups in total. The molecular formula is C13H12BrNO3. The quantitative estimate of drug-likeness (QED) is 0.850. The average molecular weight is 310 g/mol. The molecule has 2 amide bonds. The van der Waals surface area contributed by atoms with Crippen molar-refractivity contribution in [2.24, 2.45) is 0 Å². The molecule has 94 valence electrons. The smallest absolute Gasteiger partial charge is 0.261 e. The standard InChI is InChI=1S/C13H12BrNO3/c14-8-2-3-9-10(6-8)12(17)15(11(9)16)7-13(18)4-1-5-13/h2-3,6,18H,1,4-5,7H2. The lowest BCUT2D eigenvalue weighted by atomic mass is 9.80. The molecule has 2 aliphatic rings. The number of fused-ring (bicyclic) bond motifs is 1. The number of aliphatic hydroxyl groups is 1. The van der Waals surface area contributed by atoms with Crippen LogP contribution in [0.1, 0.15) is 40.0 Å². The number of nitrogens with zero attached hydrogens (tertiary/aromatic N) is 1. The summed E-state index contributed by atoms with van der Waals surface area (Å²) in [5.74, 6) is -0.612. The van der Waals surface area contributed by atoms with Gasteiger partial charge in [0.15, 0.2) is 0 Å². The number of imide groups is 1. The molecule has 0 unspecified atom stereocenters. The van der Waals surface area contributed by atoms with E-state index < -0.39 is 5.60 Å². The highest BCUT2D eigenvalue weighted by atomic mass is 79.9. The summed E-state index contributed by atoms with van der Waals surface area (Å²) in [6.45, 7) is 0.108. The summed E-state index contributed by atoms with van der Waals surface area (Å²) in [6, 6.07) is 5.04. The van der Waals surface area contributed by atoms with Gasteiger partial charge in [-0.2, -0.15) is 0 Å². The van der Waals surface area contributed by atoms with E-state index in [2.05, 4.69) is 15.9 Å². The van der Waals surface area contributed by atoms with Gasteiger partial charge in [-0.3, -0.25) is 14.5 Å². The van der Waals surface area contributed by atoms with E-state index in [1.54, 1.807) is 18.2 Å². The van der Waals surface area contributed by atoms with Crippen molar-refractivity contribution in [3.05, 3.63) is 33.8 Å². The fourth-order valence-corrected chi connectivity index (χ4v) is 2.80. The number of hydrogen-bond donors (Lipinski definition) is 1. The third kappa shape index (κ3) is 1.69. The molecule has 1 aliphatic heterocycles. The molecule has 0 spiro atoms. The van der Waals surface area contributed by atoms with E-state index in [-0.39, 0.29) is 18.4 Å². The molecule has 1 aromatic rings. The van der Waals surface area contributed by atoms with Gasteiger partial charge in [0, 0.05) is 4.47 Å². The first-order valence-electron chi connectivity index (χ1n) is 5.88. The van der Waals surface area contributed by atoms with Crippen LogP contribution >= 0.6 is 15.9 Å². The summed E-state index contributed by atoms with van der Waals surface area (Å²) in [5, 5.41) is 10.1. The van der Waals surface area contributed by atoms with E-state index >= 15 is 0 Å². The summed E-state index contributed by atoms with van der Waals surface area (Å²) in [6.07, 6.45) is 2.26. The van der Waals surface area contributed by atoms with E-state index in [4.69, 9.17) is 0 Å². The van der Waals surface area contributed by atoms with Gasteiger partial charge >= 0.3 is 0 Å². The van der Waals surface area contributed by atoms with Gasteiger partial charge in [-0.05, 0) is 37.5 Å². The second-order valence-corrected chi connectivity index (χ2v) is 5.88. The van der Waals surface area contributed by atoms with E-state index in [1.807, 2.05) is 0 Å². The Bertz CT molecular complexity index is 551. The number of carbonyl (C=O) groups excluding carboxylic acids is 2. The Kier molecular flexibility index (Phi) is 2.57. The minimum absolute atomic E-state index is 0.108. The maximum Gasteiger partial charge on any atom is 0.261 e. The molecule has 1 fully saturated rings. The van der Waals surface area contributed by atoms with Gasteiger partial charge in [0.1, 0.15) is 0 Å². The first-order chi connectivity index (χ1) is 8.50. The molecule has 1 aliphatic carbocycles. The molecule has 3 rings (SSSR count). The van der Waals surface area contributed by atoms with Gasteiger partial charge in [0.05, 0.1) is 23.3 Å². The van der Waals surface area contributed by atoms with E-state index in [9.17, 15) is 14.7 Å². The summed E-state index contributed by atoms with van der Waals surface area (Å²) in [5.41, 5.74) is -0.0339. The molecular weight excluding hydrogens is 298 g/mol. The van der Waals surface area contributed by atoms with Crippen molar-refractivity contribution in [3.8, 4) is 0 Å². The van der Waals surface area contributed by atoms with Gasteiger partial charge < -0.3 is 5.11 Å². The highest BCUT2D eigenvalue weighted by Crippen LogP contribution is 2.35. The minimum atomic E-state index is -0.870. The third-order valence-corrected chi connectivity index (χ3v) is 4.16. The number of rotatable bonds is 2. The van der Waals surface area contributed by atoms with Crippen molar-refractivity contribution in [3.63, 3.8) is 0 Å². The predicted molar refractivity (Wildman–Crippen MR) is 68.3 cm³/mol. The van der Waals surface area contributed by atoms with Crippen molar-refractivity contribution < 1.29 is 14.7 Å². The van der Waals surface area contributed by atoms with Crippen LogP contribution < -0.4 is 0 Å². The first-order valence-corrected chi connectivity index (χ1v) is 6.68. The lowest BCUT2D eigenvalue weighted by Gasteiger charge is -2.38. The Balaban J connectivity index is 1.92. The van der Waals surface area contributed by atoms with E-state index in [0.717, 1.165) is 15.8 Å². The molecule has 1 saturated carbocycles. The van der Waals surface area contributed by atoms with Crippen LogP contribution in [0, 0.1) is 0 Å². The lowest BCUT2D eigenvalue weighted by Crippen LogP contribution is -2.49. The minimum Gasteiger partial charge on any atom is -0.388 e. The van der Waals surface area contributed by atoms with Crippen molar-refractivity contribution in [2.75, 3.05) is 6.54 Å². The molecule has 4 nitrogen and oxygen atoms in total. The maximum atomic E-state index is 12.2. The van der Waals surface area contributed by atoms with Crippen molar-refractivity contribution in [1.29, 1.82) is 0 Å². The molecule has 0 saturated heterocycles. The Morgan fingerprint density at radius 3 is 2.50 bits per heavy atom. The third-order valence-electron chi connectivity index (χ3n) is 3.67. The molecule has 5 heteroatoms. The number of benzene rings is 1. The lowest BCUT2D eigenvalue weighted by molar-refractivity contribution is -0.0486. The second kappa shape index (κ2) is 3.90. The van der Waals surface area contributed by atoms with Crippen LogP contribution in [0.2, 0.25) is 0 Å². The summed E-state index contributed by atoms with van der Waals surface area (Å²) in [4.78, 5) is 25.4. The summed E-state index contributed by atoms with van der Waals surface area (Å²) < 4.78 is 0.770. The fourth-order valence-electron chi connectivity index (χ4n) is 2.44. The van der Waals surface area contributed by atoms with Crippen LogP contribution in [0.4, 0.5) is 0 Å². The van der Waals surface area contributed by atoms with Crippen LogP contribution in [-0.2, 0) is 0 Å². The van der Waals surface area contributed by atoms with E-state index in [1.165, 1.54) is 0 Å². The zero-order valence-corrected chi connectivity index (χ0v) is 11.2. The number of carbonyl (C=O) groups is 2. The van der Waals surface area contributed by atoms with Gasteiger partial charge in [0.2, 0.25) is 0 Å². The number of β-amino-alcohol motifs (C(OH)–C–C–N with tert-alkyl or cyclic N) is 1. The largest absolute Gasteiger partial charge is 0.388 e. The Labute approximate surface area is 113 Å². The molecule has 0 aromatic heterocycles.